The van der Waals surface area contributed by atoms with Crippen molar-refractivity contribution in [3.05, 3.63) is 45.9 Å². The van der Waals surface area contributed by atoms with Crippen LogP contribution in [0.5, 0.6) is 0 Å². The van der Waals surface area contributed by atoms with Gasteiger partial charge in [0.25, 0.3) is 0 Å². The summed E-state index contributed by atoms with van der Waals surface area (Å²) in [7, 11) is 0. The Morgan fingerprint density at radius 2 is 1.88 bits per heavy atom. The van der Waals surface area contributed by atoms with E-state index in [-0.39, 0.29) is 0 Å². The topological polar surface area (TPSA) is 37.3 Å². The third-order valence-electron chi connectivity index (χ3n) is 2.47. The number of carboxylic acid groups (broad SMARTS) is 1. The first-order valence-corrected chi connectivity index (χ1v) is 6.56. The van der Waals surface area contributed by atoms with E-state index in [4.69, 9.17) is 5.11 Å². The van der Waals surface area contributed by atoms with Crippen molar-refractivity contribution in [2.45, 2.75) is 5.33 Å². The molecule has 2 rings (SSSR count). The minimum absolute atomic E-state index is 0.336. The van der Waals surface area contributed by atoms with Crippen LogP contribution < -0.4 is 0 Å². The van der Waals surface area contributed by atoms with Gasteiger partial charge >= 0.3 is 5.97 Å². The zero-order chi connectivity index (χ0) is 11.7. The van der Waals surface area contributed by atoms with Gasteiger partial charge in [-0.3, -0.25) is 0 Å². The fourth-order valence-electron chi connectivity index (χ4n) is 1.73. The largest absolute Gasteiger partial charge is 0.478 e. The number of carbonyl (C=O) groups is 1. The number of hydrogen-bond acceptors (Lipinski definition) is 1. The van der Waals surface area contributed by atoms with Gasteiger partial charge in [-0.25, -0.2) is 4.79 Å². The smallest absolute Gasteiger partial charge is 0.336 e. The second kappa shape index (κ2) is 4.55. The fourth-order valence-corrected chi connectivity index (χ4v) is 2.90. The standard InChI is InChI=1S/C12H8Br2O2/c13-6-10-7-3-1-2-4-8(7)11(14)5-9(10)12(15)16/h1-5H,6H2,(H,15,16). The molecule has 0 heterocycles. The summed E-state index contributed by atoms with van der Waals surface area (Å²) in [4.78, 5) is 11.1. The highest BCUT2D eigenvalue weighted by atomic mass is 79.9. The van der Waals surface area contributed by atoms with E-state index >= 15 is 0 Å². The van der Waals surface area contributed by atoms with Crippen molar-refractivity contribution in [1.82, 2.24) is 0 Å². The molecule has 0 aliphatic heterocycles. The van der Waals surface area contributed by atoms with Crippen molar-refractivity contribution in [3.8, 4) is 0 Å². The maximum Gasteiger partial charge on any atom is 0.336 e. The number of rotatable bonds is 2. The summed E-state index contributed by atoms with van der Waals surface area (Å²) < 4.78 is 0.810. The Morgan fingerprint density at radius 3 is 2.44 bits per heavy atom. The van der Waals surface area contributed by atoms with Crippen molar-refractivity contribution >= 4 is 48.6 Å². The molecule has 0 unspecified atom stereocenters. The lowest BCUT2D eigenvalue weighted by atomic mass is 10.0. The Morgan fingerprint density at radius 1 is 1.25 bits per heavy atom. The van der Waals surface area contributed by atoms with Gasteiger partial charge in [0.1, 0.15) is 0 Å². The molecule has 0 fully saturated rings. The molecule has 16 heavy (non-hydrogen) atoms. The SMILES string of the molecule is O=C(O)c1cc(Br)c2ccccc2c1CBr. The third-order valence-corrected chi connectivity index (χ3v) is 3.69. The van der Waals surface area contributed by atoms with E-state index in [1.807, 2.05) is 24.3 Å². The zero-order valence-electron chi connectivity index (χ0n) is 8.21. The molecule has 0 aliphatic rings. The average molecular weight is 344 g/mol. The quantitative estimate of drug-likeness (QED) is 0.830. The van der Waals surface area contributed by atoms with Crippen LogP contribution in [0.15, 0.2) is 34.8 Å². The van der Waals surface area contributed by atoms with Crippen molar-refractivity contribution in [2.24, 2.45) is 0 Å². The van der Waals surface area contributed by atoms with Crippen molar-refractivity contribution < 1.29 is 9.90 Å². The number of hydrogen-bond donors (Lipinski definition) is 1. The lowest BCUT2D eigenvalue weighted by Crippen LogP contribution is -2.02. The van der Waals surface area contributed by atoms with E-state index in [2.05, 4.69) is 31.9 Å². The number of carboxylic acids is 1. The summed E-state index contributed by atoms with van der Waals surface area (Å²) >= 11 is 6.74. The highest BCUT2D eigenvalue weighted by molar-refractivity contribution is 9.10. The summed E-state index contributed by atoms with van der Waals surface area (Å²) in [5.74, 6) is -0.902. The normalized spacial score (nSPS) is 10.6. The van der Waals surface area contributed by atoms with Crippen LogP contribution in [0.25, 0.3) is 10.8 Å². The summed E-state index contributed by atoms with van der Waals surface area (Å²) in [5, 5.41) is 11.7. The molecule has 2 nitrogen and oxygen atoms in total. The van der Waals surface area contributed by atoms with Gasteiger partial charge in [-0.15, -0.1) is 0 Å². The Kier molecular flexibility index (Phi) is 3.30. The summed E-state index contributed by atoms with van der Waals surface area (Å²) in [5.41, 5.74) is 1.15. The van der Waals surface area contributed by atoms with E-state index in [9.17, 15) is 4.79 Å². The predicted octanol–water partition coefficient (Wildman–Crippen LogP) is 4.20. The van der Waals surface area contributed by atoms with E-state index in [0.29, 0.717) is 10.9 Å². The molecule has 0 saturated carbocycles. The molecule has 82 valence electrons. The first-order valence-electron chi connectivity index (χ1n) is 4.64. The van der Waals surface area contributed by atoms with Crippen LogP contribution in [0.3, 0.4) is 0 Å². The van der Waals surface area contributed by atoms with Gasteiger partial charge in [0.2, 0.25) is 0 Å². The second-order valence-corrected chi connectivity index (χ2v) is 4.78. The number of halogens is 2. The Hall–Kier alpha value is -0.870. The van der Waals surface area contributed by atoms with Gasteiger partial charge in [-0.05, 0) is 22.4 Å². The lowest BCUT2D eigenvalue weighted by Gasteiger charge is -2.09. The number of aromatic carboxylic acids is 1. The maximum absolute atomic E-state index is 11.1. The van der Waals surface area contributed by atoms with Gasteiger partial charge in [0.15, 0.2) is 0 Å². The molecule has 0 radical (unpaired) electrons. The minimum Gasteiger partial charge on any atom is -0.478 e. The Balaban J connectivity index is 2.90. The third kappa shape index (κ3) is 1.87. The molecule has 0 aliphatic carbocycles. The van der Waals surface area contributed by atoms with Crippen LogP contribution in [0, 0.1) is 0 Å². The molecule has 4 heteroatoms. The number of fused-ring (bicyclic) bond motifs is 1. The summed E-state index contributed by atoms with van der Waals surface area (Å²) in [6.07, 6.45) is 0. The first-order chi connectivity index (χ1) is 7.65. The van der Waals surface area contributed by atoms with E-state index in [0.717, 1.165) is 20.8 Å². The van der Waals surface area contributed by atoms with Gasteiger partial charge in [-0.1, -0.05) is 56.1 Å². The Labute approximate surface area is 110 Å². The molecule has 2 aromatic carbocycles. The highest BCUT2D eigenvalue weighted by Crippen LogP contribution is 2.31. The van der Waals surface area contributed by atoms with Gasteiger partial charge in [0, 0.05) is 9.80 Å². The predicted molar refractivity (Wildman–Crippen MR) is 71.2 cm³/mol. The average Bonchev–Trinajstić information content (AvgIpc) is 2.29. The van der Waals surface area contributed by atoms with Crippen molar-refractivity contribution in [3.63, 3.8) is 0 Å². The molecular weight excluding hydrogens is 336 g/mol. The van der Waals surface area contributed by atoms with E-state index in [1.165, 1.54) is 0 Å². The Bertz CT molecular complexity index is 564. The molecular formula is C12H8Br2O2. The molecule has 0 spiro atoms. The highest BCUT2D eigenvalue weighted by Gasteiger charge is 2.14. The summed E-state index contributed by atoms with van der Waals surface area (Å²) in [6.45, 7) is 0. The van der Waals surface area contributed by atoms with E-state index in [1.54, 1.807) is 6.07 Å². The molecule has 0 amide bonds. The van der Waals surface area contributed by atoms with Gasteiger partial charge in [-0.2, -0.15) is 0 Å². The molecule has 0 atom stereocenters. The monoisotopic (exact) mass is 342 g/mol. The van der Waals surface area contributed by atoms with Crippen molar-refractivity contribution in [1.29, 1.82) is 0 Å². The van der Waals surface area contributed by atoms with Crippen LogP contribution in [0.1, 0.15) is 15.9 Å². The molecule has 2 aromatic rings. The first kappa shape index (κ1) is 11.6. The number of benzene rings is 2. The lowest BCUT2D eigenvalue weighted by molar-refractivity contribution is 0.0696. The van der Waals surface area contributed by atoms with Crippen molar-refractivity contribution in [2.75, 3.05) is 0 Å². The van der Waals surface area contributed by atoms with Gasteiger partial charge in [0.05, 0.1) is 5.56 Å². The molecule has 0 saturated heterocycles. The van der Waals surface area contributed by atoms with Gasteiger partial charge < -0.3 is 5.11 Å². The zero-order valence-corrected chi connectivity index (χ0v) is 11.4. The molecule has 0 aromatic heterocycles. The van der Waals surface area contributed by atoms with Crippen LogP contribution in [0.2, 0.25) is 0 Å². The summed E-state index contributed by atoms with van der Waals surface area (Å²) in [6, 6.07) is 9.40. The molecule has 0 bridgehead atoms. The van der Waals surface area contributed by atoms with Crippen LogP contribution in [-0.4, -0.2) is 11.1 Å². The fraction of sp³-hybridized carbons (Fsp3) is 0.0833. The second-order valence-electron chi connectivity index (χ2n) is 3.37. The maximum atomic E-state index is 11.1. The van der Waals surface area contributed by atoms with Crippen LogP contribution in [-0.2, 0) is 5.33 Å². The molecule has 1 N–H and O–H groups in total. The number of alkyl halides is 1. The van der Waals surface area contributed by atoms with E-state index < -0.39 is 5.97 Å². The van der Waals surface area contributed by atoms with Crippen LogP contribution in [0.4, 0.5) is 0 Å². The van der Waals surface area contributed by atoms with Crippen LogP contribution >= 0.6 is 31.9 Å². The minimum atomic E-state index is -0.902.